The number of aliphatic hydroxyl groups is 2. The van der Waals surface area contributed by atoms with Gasteiger partial charge in [-0.25, -0.2) is 0 Å². The molecule has 0 radical (unpaired) electrons. The van der Waals surface area contributed by atoms with Crippen LogP contribution in [0.4, 0.5) is 0 Å². The molecule has 0 spiro atoms. The number of aryl methyl sites for hydroxylation is 4. The summed E-state index contributed by atoms with van der Waals surface area (Å²) < 4.78 is 11.4. The zero-order valence-electron chi connectivity index (χ0n) is 18.1. The molecule has 0 heterocycles. The van der Waals surface area contributed by atoms with Gasteiger partial charge in [0.1, 0.15) is 24.7 Å². The summed E-state index contributed by atoms with van der Waals surface area (Å²) in [5.74, 6) is 1.59. The number of nitrogens with one attached hydrogen (secondary N) is 1. The lowest BCUT2D eigenvalue weighted by Gasteiger charge is -2.15. The molecule has 2 aromatic rings. The number of hydrogen-bond acceptors (Lipinski definition) is 5. The van der Waals surface area contributed by atoms with E-state index < -0.39 is 12.2 Å². The number of aliphatic hydroxyl groups excluding tert-OH is 2. The molecule has 0 aliphatic rings. The molecule has 0 aliphatic carbocycles. The largest absolute Gasteiger partial charge is 0.491 e. The molecule has 0 saturated heterocycles. The quantitative estimate of drug-likeness (QED) is 0.475. The van der Waals surface area contributed by atoms with Crippen LogP contribution in [-0.2, 0) is 0 Å². The lowest BCUT2D eigenvalue weighted by Crippen LogP contribution is -2.28. The maximum Gasteiger partial charge on any atom is 0.119 e. The molecule has 0 amide bonds. The minimum atomic E-state index is -0.527. The van der Waals surface area contributed by atoms with E-state index in [0.29, 0.717) is 25.9 Å². The molecule has 5 nitrogen and oxygen atoms in total. The fourth-order valence-corrected chi connectivity index (χ4v) is 3.25. The first kappa shape index (κ1) is 23.2. The van der Waals surface area contributed by atoms with Gasteiger partial charge in [0, 0.05) is 0 Å². The molecule has 0 aromatic heterocycles. The van der Waals surface area contributed by atoms with E-state index in [9.17, 15) is 10.2 Å². The highest BCUT2D eigenvalue weighted by atomic mass is 16.5. The van der Waals surface area contributed by atoms with E-state index in [2.05, 4.69) is 17.4 Å². The van der Waals surface area contributed by atoms with Crippen LogP contribution < -0.4 is 14.8 Å². The summed E-state index contributed by atoms with van der Waals surface area (Å²) in [6, 6.07) is 12.1. The van der Waals surface area contributed by atoms with E-state index in [4.69, 9.17) is 9.47 Å². The van der Waals surface area contributed by atoms with Crippen LogP contribution in [0.25, 0.3) is 0 Å². The van der Waals surface area contributed by atoms with Crippen molar-refractivity contribution in [2.24, 2.45) is 0 Å². The van der Waals surface area contributed by atoms with Crippen LogP contribution in [0.1, 0.15) is 35.1 Å². The summed E-state index contributed by atoms with van der Waals surface area (Å²) in [6.45, 7) is 10.0. The van der Waals surface area contributed by atoms with E-state index >= 15 is 0 Å². The monoisotopic (exact) mass is 401 g/mol. The molecule has 3 N–H and O–H groups in total. The average Bonchev–Trinajstić information content (AvgIpc) is 2.63. The average molecular weight is 402 g/mol. The predicted octanol–water partition coefficient (Wildman–Crippen LogP) is 3.47. The van der Waals surface area contributed by atoms with Crippen LogP contribution in [0, 0.1) is 27.7 Å². The van der Waals surface area contributed by atoms with E-state index in [1.807, 2.05) is 52.0 Å². The zero-order valence-corrected chi connectivity index (χ0v) is 18.1. The molecule has 0 saturated carbocycles. The van der Waals surface area contributed by atoms with Crippen LogP contribution in [-0.4, -0.2) is 48.7 Å². The Balaban J connectivity index is 1.55. The van der Waals surface area contributed by atoms with Crippen molar-refractivity contribution in [1.82, 2.24) is 5.32 Å². The van der Waals surface area contributed by atoms with Crippen LogP contribution in [0.2, 0.25) is 0 Å². The first-order valence-corrected chi connectivity index (χ1v) is 10.3. The molecule has 2 aromatic carbocycles. The molecule has 2 atom stereocenters. The Morgan fingerprint density at radius 3 is 1.34 bits per heavy atom. The lowest BCUT2D eigenvalue weighted by molar-refractivity contribution is 0.0941. The third-order valence-electron chi connectivity index (χ3n) is 4.58. The van der Waals surface area contributed by atoms with Crippen LogP contribution in [0.15, 0.2) is 36.4 Å². The van der Waals surface area contributed by atoms with Gasteiger partial charge < -0.3 is 25.0 Å². The molecular formula is C24H35NO4. The third kappa shape index (κ3) is 9.31. The molecule has 2 rings (SSSR count). The minimum Gasteiger partial charge on any atom is -0.491 e. The highest BCUT2D eigenvalue weighted by Gasteiger charge is 2.08. The van der Waals surface area contributed by atoms with Crippen LogP contribution in [0.3, 0.4) is 0 Å². The highest BCUT2D eigenvalue weighted by molar-refractivity contribution is 5.33. The summed E-state index contributed by atoms with van der Waals surface area (Å²) in [5.41, 5.74) is 4.60. The maximum absolute atomic E-state index is 10.1. The number of ether oxygens (including phenoxy) is 2. The van der Waals surface area contributed by atoms with Gasteiger partial charge in [0.05, 0.1) is 12.2 Å². The number of benzene rings is 2. The topological polar surface area (TPSA) is 71.0 Å². The summed E-state index contributed by atoms with van der Waals surface area (Å²) in [5, 5.41) is 23.4. The van der Waals surface area contributed by atoms with Gasteiger partial charge in [-0.1, -0.05) is 12.1 Å². The normalized spacial score (nSPS) is 13.2. The van der Waals surface area contributed by atoms with Crippen LogP contribution in [0.5, 0.6) is 11.5 Å². The van der Waals surface area contributed by atoms with Crippen molar-refractivity contribution in [3.63, 3.8) is 0 Å². The second-order valence-electron chi connectivity index (χ2n) is 7.90. The smallest absolute Gasteiger partial charge is 0.119 e. The summed E-state index contributed by atoms with van der Waals surface area (Å²) in [6.07, 6.45) is 0.141. The van der Waals surface area contributed by atoms with Gasteiger partial charge in [0.25, 0.3) is 0 Å². The zero-order chi connectivity index (χ0) is 21.2. The Morgan fingerprint density at radius 2 is 1.00 bits per heavy atom. The molecule has 0 aliphatic heterocycles. The number of hydrogen-bond donors (Lipinski definition) is 3. The van der Waals surface area contributed by atoms with Gasteiger partial charge in [0.2, 0.25) is 0 Å². The Morgan fingerprint density at radius 1 is 0.655 bits per heavy atom. The molecule has 29 heavy (non-hydrogen) atoms. The summed E-state index contributed by atoms with van der Waals surface area (Å²) in [4.78, 5) is 0. The fourth-order valence-electron chi connectivity index (χ4n) is 3.25. The first-order chi connectivity index (χ1) is 13.8. The van der Waals surface area contributed by atoms with Crippen molar-refractivity contribution >= 4 is 0 Å². The van der Waals surface area contributed by atoms with E-state index in [1.165, 1.54) is 0 Å². The predicted molar refractivity (Wildman–Crippen MR) is 117 cm³/mol. The van der Waals surface area contributed by atoms with Gasteiger partial charge in [-0.2, -0.15) is 0 Å². The lowest BCUT2D eigenvalue weighted by atomic mass is 10.1. The molecular weight excluding hydrogens is 366 g/mol. The van der Waals surface area contributed by atoms with Crippen molar-refractivity contribution in [2.45, 2.75) is 52.7 Å². The molecule has 2 unspecified atom stereocenters. The van der Waals surface area contributed by atoms with Gasteiger partial charge in [-0.05, 0) is 100 Å². The van der Waals surface area contributed by atoms with Crippen molar-refractivity contribution in [1.29, 1.82) is 0 Å². The van der Waals surface area contributed by atoms with Crippen molar-refractivity contribution < 1.29 is 19.7 Å². The third-order valence-corrected chi connectivity index (χ3v) is 4.58. The van der Waals surface area contributed by atoms with E-state index in [0.717, 1.165) is 33.8 Å². The first-order valence-electron chi connectivity index (χ1n) is 10.3. The second kappa shape index (κ2) is 11.8. The Hall–Kier alpha value is -2.08. The fraction of sp³-hybridized carbons (Fsp3) is 0.500. The van der Waals surface area contributed by atoms with Gasteiger partial charge in [-0.15, -0.1) is 0 Å². The molecule has 5 heteroatoms. The second-order valence-corrected chi connectivity index (χ2v) is 7.90. The molecule has 0 fully saturated rings. The highest BCUT2D eigenvalue weighted by Crippen LogP contribution is 2.17. The Bertz CT molecular complexity index is 659. The standard InChI is InChI=1S/C24H35NO4/c1-17-9-18(2)12-23(11-17)28-15-21(26)5-7-25-8-6-22(27)16-29-24-13-19(3)10-20(4)14-24/h9-14,21-22,25-27H,5-8,15-16H2,1-4H3. The Labute approximate surface area is 174 Å². The Kier molecular flexibility index (Phi) is 9.45. The van der Waals surface area contributed by atoms with Crippen LogP contribution >= 0.6 is 0 Å². The SMILES string of the molecule is Cc1cc(C)cc(OCC(O)CCNCCC(O)COc2cc(C)cc(C)c2)c1. The summed E-state index contributed by atoms with van der Waals surface area (Å²) >= 11 is 0. The maximum atomic E-state index is 10.1. The summed E-state index contributed by atoms with van der Waals surface area (Å²) in [7, 11) is 0. The minimum absolute atomic E-state index is 0.275. The van der Waals surface area contributed by atoms with Gasteiger partial charge in [-0.3, -0.25) is 0 Å². The van der Waals surface area contributed by atoms with Crippen molar-refractivity contribution in [3.05, 3.63) is 58.7 Å². The number of rotatable bonds is 12. The molecule has 160 valence electrons. The van der Waals surface area contributed by atoms with Gasteiger partial charge in [0.15, 0.2) is 0 Å². The molecule has 0 bridgehead atoms. The van der Waals surface area contributed by atoms with E-state index in [-0.39, 0.29) is 13.2 Å². The van der Waals surface area contributed by atoms with Crippen molar-refractivity contribution in [3.8, 4) is 11.5 Å². The van der Waals surface area contributed by atoms with Crippen molar-refractivity contribution in [2.75, 3.05) is 26.3 Å². The van der Waals surface area contributed by atoms with Gasteiger partial charge >= 0.3 is 0 Å². The van der Waals surface area contributed by atoms with E-state index in [1.54, 1.807) is 0 Å².